The average Bonchev–Trinajstić information content (AvgIpc) is 2.95. The van der Waals surface area contributed by atoms with Gasteiger partial charge in [-0.15, -0.1) is 0 Å². The summed E-state index contributed by atoms with van der Waals surface area (Å²) < 4.78 is 16.7. The van der Waals surface area contributed by atoms with Gasteiger partial charge in [0, 0.05) is 11.4 Å². The topological polar surface area (TPSA) is 80.2 Å². The molecule has 3 N–H and O–H groups in total. The van der Waals surface area contributed by atoms with Crippen LogP contribution in [0.5, 0.6) is 17.2 Å². The maximum Gasteiger partial charge on any atom is 0.203 e. The Morgan fingerprint density at radius 1 is 0.784 bits per heavy atom. The molecule has 0 aliphatic carbocycles. The Kier molecular flexibility index (Phi) is 8.34. The van der Waals surface area contributed by atoms with Crippen LogP contribution in [0.1, 0.15) is 36.1 Å². The number of aliphatic hydroxyl groups is 2. The summed E-state index contributed by atoms with van der Waals surface area (Å²) in [6.45, 7) is 2.44. The van der Waals surface area contributed by atoms with E-state index in [-0.39, 0.29) is 6.04 Å². The summed E-state index contributed by atoms with van der Waals surface area (Å²) in [4.78, 5) is 0. The normalized spacial score (nSPS) is 14.5. The Labute approximate surface area is 218 Å². The Morgan fingerprint density at radius 3 is 2.05 bits per heavy atom. The van der Waals surface area contributed by atoms with Crippen molar-refractivity contribution in [3.05, 3.63) is 102 Å². The van der Waals surface area contributed by atoms with Gasteiger partial charge in [0.15, 0.2) is 11.5 Å². The smallest absolute Gasteiger partial charge is 0.203 e. The number of nitrogens with one attached hydrogen (secondary N) is 1. The van der Waals surface area contributed by atoms with Crippen molar-refractivity contribution in [3.63, 3.8) is 0 Å². The van der Waals surface area contributed by atoms with Crippen molar-refractivity contribution in [2.45, 2.75) is 31.1 Å². The van der Waals surface area contributed by atoms with Crippen molar-refractivity contribution in [2.75, 3.05) is 27.9 Å². The third kappa shape index (κ3) is 5.42. The minimum absolute atomic E-state index is 0.194. The van der Waals surface area contributed by atoms with Crippen LogP contribution in [-0.4, -0.2) is 44.1 Å². The molecule has 4 aromatic rings. The van der Waals surface area contributed by atoms with Crippen molar-refractivity contribution in [1.29, 1.82) is 0 Å². The van der Waals surface area contributed by atoms with E-state index >= 15 is 0 Å². The zero-order valence-electron chi connectivity index (χ0n) is 21.8. The van der Waals surface area contributed by atoms with Crippen LogP contribution in [0.2, 0.25) is 0 Å². The lowest BCUT2D eigenvalue weighted by molar-refractivity contribution is 0.0665. The van der Waals surface area contributed by atoms with E-state index < -0.39 is 11.7 Å². The number of hydrogen-bond donors (Lipinski definition) is 3. The first-order valence-corrected chi connectivity index (χ1v) is 12.4. The predicted molar refractivity (Wildman–Crippen MR) is 147 cm³/mol. The quantitative estimate of drug-likeness (QED) is 0.262. The first-order chi connectivity index (χ1) is 17.9. The molecule has 0 radical (unpaired) electrons. The highest BCUT2D eigenvalue weighted by Gasteiger charge is 2.32. The molecular formula is C31H35NO5. The number of fused-ring (bicyclic) bond motifs is 1. The van der Waals surface area contributed by atoms with Crippen LogP contribution in [0.4, 0.5) is 0 Å². The summed E-state index contributed by atoms with van der Waals surface area (Å²) in [5.74, 6) is 1.66. The summed E-state index contributed by atoms with van der Waals surface area (Å²) >= 11 is 0. The predicted octanol–water partition coefficient (Wildman–Crippen LogP) is 5.20. The van der Waals surface area contributed by atoms with E-state index in [2.05, 4.69) is 5.32 Å². The number of aliphatic hydroxyl groups excluding tert-OH is 1. The zero-order chi connectivity index (χ0) is 26.4. The van der Waals surface area contributed by atoms with Gasteiger partial charge in [0.25, 0.3) is 0 Å². The van der Waals surface area contributed by atoms with Crippen molar-refractivity contribution < 1.29 is 24.4 Å². The molecule has 6 nitrogen and oxygen atoms in total. The first kappa shape index (κ1) is 26.5. The lowest BCUT2D eigenvalue weighted by Crippen LogP contribution is -2.37. The Morgan fingerprint density at radius 2 is 1.43 bits per heavy atom. The fourth-order valence-corrected chi connectivity index (χ4v) is 4.84. The largest absolute Gasteiger partial charge is 0.493 e. The molecule has 6 heteroatoms. The Balaban J connectivity index is 1.66. The second-order valence-corrected chi connectivity index (χ2v) is 9.16. The van der Waals surface area contributed by atoms with E-state index in [1.807, 2.05) is 91.9 Å². The van der Waals surface area contributed by atoms with Gasteiger partial charge in [-0.25, -0.2) is 0 Å². The van der Waals surface area contributed by atoms with Crippen LogP contribution >= 0.6 is 0 Å². The number of benzene rings is 4. The molecule has 0 aliphatic heterocycles. The van der Waals surface area contributed by atoms with Gasteiger partial charge >= 0.3 is 0 Å². The second kappa shape index (κ2) is 11.6. The van der Waals surface area contributed by atoms with Gasteiger partial charge in [-0.1, -0.05) is 72.8 Å². The Hall–Kier alpha value is -3.58. The molecule has 3 atom stereocenters. The van der Waals surface area contributed by atoms with Gasteiger partial charge in [0.1, 0.15) is 5.60 Å². The van der Waals surface area contributed by atoms with Crippen molar-refractivity contribution in [3.8, 4) is 17.2 Å². The highest BCUT2D eigenvalue weighted by molar-refractivity contribution is 5.93. The molecule has 0 saturated heterocycles. The Bertz CT molecular complexity index is 1310. The van der Waals surface area contributed by atoms with Crippen LogP contribution < -0.4 is 19.5 Å². The van der Waals surface area contributed by atoms with Gasteiger partial charge in [0.2, 0.25) is 5.75 Å². The molecule has 0 heterocycles. The molecule has 37 heavy (non-hydrogen) atoms. The van der Waals surface area contributed by atoms with Crippen molar-refractivity contribution in [1.82, 2.24) is 5.32 Å². The van der Waals surface area contributed by atoms with Crippen molar-refractivity contribution >= 4 is 10.8 Å². The molecule has 0 bridgehead atoms. The molecule has 0 aliphatic rings. The van der Waals surface area contributed by atoms with Crippen LogP contribution in [0, 0.1) is 0 Å². The summed E-state index contributed by atoms with van der Waals surface area (Å²) in [5.41, 5.74) is 1.13. The molecule has 0 aromatic heterocycles. The third-order valence-corrected chi connectivity index (χ3v) is 6.94. The SMILES string of the molecule is COc1cc2cc(C(O)(CCNC(C)C(O)c3ccccc3)c3ccccc3)ccc2c(OC)c1OC. The molecule has 0 amide bonds. The third-order valence-electron chi connectivity index (χ3n) is 6.94. The van der Waals surface area contributed by atoms with Gasteiger partial charge < -0.3 is 29.7 Å². The molecular weight excluding hydrogens is 466 g/mol. The van der Waals surface area contributed by atoms with Crippen LogP contribution in [0.3, 0.4) is 0 Å². The average molecular weight is 502 g/mol. The number of methoxy groups -OCH3 is 3. The van der Waals surface area contributed by atoms with Gasteiger partial charge in [0.05, 0.1) is 27.4 Å². The van der Waals surface area contributed by atoms with E-state index in [4.69, 9.17) is 14.2 Å². The number of rotatable bonds is 11. The van der Waals surface area contributed by atoms with Crippen LogP contribution in [0.15, 0.2) is 84.9 Å². The lowest BCUT2D eigenvalue weighted by Gasteiger charge is -2.31. The minimum atomic E-state index is -1.26. The number of ether oxygens (including phenoxy) is 3. The monoisotopic (exact) mass is 501 g/mol. The minimum Gasteiger partial charge on any atom is -0.493 e. The fraction of sp³-hybridized carbons (Fsp3) is 0.290. The fourth-order valence-electron chi connectivity index (χ4n) is 4.84. The summed E-state index contributed by atoms with van der Waals surface area (Å²) in [6, 6.07) is 26.8. The summed E-state index contributed by atoms with van der Waals surface area (Å²) in [7, 11) is 4.77. The van der Waals surface area contributed by atoms with E-state index in [0.29, 0.717) is 30.2 Å². The number of hydrogen-bond acceptors (Lipinski definition) is 6. The second-order valence-electron chi connectivity index (χ2n) is 9.16. The van der Waals surface area contributed by atoms with Gasteiger partial charge in [-0.05, 0) is 54.1 Å². The molecule has 194 valence electrons. The highest BCUT2D eigenvalue weighted by Crippen LogP contribution is 2.45. The van der Waals surface area contributed by atoms with E-state index in [1.54, 1.807) is 21.3 Å². The van der Waals surface area contributed by atoms with E-state index in [0.717, 1.165) is 27.5 Å². The first-order valence-electron chi connectivity index (χ1n) is 12.4. The maximum absolute atomic E-state index is 12.1. The molecule has 3 unspecified atom stereocenters. The lowest BCUT2D eigenvalue weighted by atomic mass is 9.82. The van der Waals surface area contributed by atoms with Gasteiger partial charge in [-0.2, -0.15) is 0 Å². The highest BCUT2D eigenvalue weighted by atomic mass is 16.5. The molecule has 0 saturated carbocycles. The van der Waals surface area contributed by atoms with E-state index in [9.17, 15) is 10.2 Å². The molecule has 4 aromatic carbocycles. The van der Waals surface area contributed by atoms with Crippen LogP contribution in [-0.2, 0) is 5.60 Å². The zero-order valence-corrected chi connectivity index (χ0v) is 21.8. The summed E-state index contributed by atoms with van der Waals surface area (Å²) in [6.07, 6.45) is -0.250. The molecule has 4 rings (SSSR count). The molecule has 0 fully saturated rings. The van der Waals surface area contributed by atoms with E-state index in [1.165, 1.54) is 0 Å². The van der Waals surface area contributed by atoms with Gasteiger partial charge in [-0.3, -0.25) is 0 Å². The van der Waals surface area contributed by atoms with Crippen molar-refractivity contribution in [2.24, 2.45) is 0 Å². The summed E-state index contributed by atoms with van der Waals surface area (Å²) in [5, 5.41) is 28.0. The standard InChI is InChI=1S/C31H35NO5/c1-21(28(33)22-11-7-5-8-12-22)32-18-17-31(34,24-13-9-6-10-14-24)25-15-16-26-23(19-25)20-27(35-2)30(37-4)29(26)36-3/h5-16,19-21,28,32-34H,17-18H2,1-4H3. The maximum atomic E-state index is 12.1. The van der Waals surface area contributed by atoms with Crippen LogP contribution in [0.25, 0.3) is 10.8 Å². The molecule has 0 spiro atoms.